The fraction of sp³-hybridized carbons (Fsp3) is 0.345. The molecule has 2 heterocycles. The maximum absolute atomic E-state index is 14.0. The Morgan fingerprint density at radius 2 is 1.94 bits per heavy atom. The van der Waals surface area contributed by atoms with E-state index in [1.807, 2.05) is 37.3 Å². The Morgan fingerprint density at radius 1 is 1.19 bits per heavy atom. The van der Waals surface area contributed by atoms with E-state index in [0.717, 1.165) is 46.3 Å². The van der Waals surface area contributed by atoms with E-state index in [4.69, 9.17) is 4.98 Å². The third-order valence-electron chi connectivity index (χ3n) is 7.08. The van der Waals surface area contributed by atoms with Gasteiger partial charge in [0.1, 0.15) is 10.6 Å². The molecule has 186 valence electrons. The molecule has 0 fully saturated rings. The summed E-state index contributed by atoms with van der Waals surface area (Å²) in [6.45, 7) is 8.74. The number of thioether (sulfide) groups is 1. The van der Waals surface area contributed by atoms with E-state index < -0.39 is 0 Å². The van der Waals surface area contributed by atoms with E-state index in [1.54, 1.807) is 34.1 Å². The van der Waals surface area contributed by atoms with Crippen LogP contribution in [0.1, 0.15) is 53.6 Å². The van der Waals surface area contributed by atoms with Crippen molar-refractivity contribution in [2.24, 2.45) is 11.3 Å². The molecule has 0 amide bonds. The van der Waals surface area contributed by atoms with Gasteiger partial charge in [-0.3, -0.25) is 14.2 Å². The van der Waals surface area contributed by atoms with Crippen molar-refractivity contribution in [2.45, 2.75) is 52.1 Å². The Bertz CT molecular complexity index is 1510. The van der Waals surface area contributed by atoms with Crippen LogP contribution in [0.25, 0.3) is 15.9 Å². The van der Waals surface area contributed by atoms with Gasteiger partial charge < -0.3 is 5.11 Å². The SMILES string of the molecule is Cc1ccc(O)c(C(=O)CSc2nc3sc4c(c3c(=O)n2-c2ccccc2)CC[C@@H](C(C)(C)C)C4)c1. The van der Waals surface area contributed by atoms with E-state index in [1.165, 1.54) is 16.6 Å². The molecule has 5 nitrogen and oxygen atoms in total. The van der Waals surface area contributed by atoms with Gasteiger partial charge in [-0.05, 0) is 67.3 Å². The zero-order chi connectivity index (χ0) is 25.6. The number of nitrogens with zero attached hydrogens (tertiary/aromatic N) is 2. The Hall–Kier alpha value is -2.90. The topological polar surface area (TPSA) is 72.2 Å². The van der Waals surface area contributed by atoms with Crippen LogP contribution in [0.3, 0.4) is 0 Å². The van der Waals surface area contributed by atoms with Crippen LogP contribution in [0.5, 0.6) is 5.75 Å². The highest BCUT2D eigenvalue weighted by Crippen LogP contribution is 2.42. The Kier molecular flexibility index (Phi) is 6.55. The Morgan fingerprint density at radius 3 is 2.67 bits per heavy atom. The van der Waals surface area contributed by atoms with E-state index >= 15 is 0 Å². The predicted molar refractivity (Wildman–Crippen MR) is 148 cm³/mol. The number of aromatic nitrogens is 2. The largest absolute Gasteiger partial charge is 0.507 e. The molecule has 0 saturated carbocycles. The highest BCUT2D eigenvalue weighted by Gasteiger charge is 2.32. The normalized spacial score (nSPS) is 15.7. The van der Waals surface area contributed by atoms with Gasteiger partial charge >= 0.3 is 0 Å². The lowest BCUT2D eigenvalue weighted by atomic mass is 9.72. The molecule has 2 aromatic heterocycles. The van der Waals surface area contributed by atoms with Gasteiger partial charge in [0.2, 0.25) is 0 Å². The summed E-state index contributed by atoms with van der Waals surface area (Å²) in [7, 11) is 0. The minimum Gasteiger partial charge on any atom is -0.507 e. The molecular weight excluding hydrogens is 488 g/mol. The zero-order valence-electron chi connectivity index (χ0n) is 21.0. The predicted octanol–water partition coefficient (Wildman–Crippen LogP) is 6.59. The molecular formula is C29H30N2O3S2. The van der Waals surface area contributed by atoms with Crippen LogP contribution in [0.2, 0.25) is 0 Å². The lowest BCUT2D eigenvalue weighted by molar-refractivity contribution is 0.102. The standard InChI is InChI=1S/C29H30N2O3S2/c1-17-10-13-22(32)21(14-17)23(33)16-35-28-30-26-25(27(34)31(28)19-8-6-5-7-9-19)20-12-11-18(29(2,3)4)15-24(20)36-26/h5-10,13-14,18,32H,11-12,15-16H2,1-4H3/t18-/m1/s1. The second-order valence-electron chi connectivity index (χ2n) is 10.6. The van der Waals surface area contributed by atoms with Crippen molar-refractivity contribution in [1.82, 2.24) is 9.55 Å². The first-order valence-corrected chi connectivity index (χ1v) is 14.0. The zero-order valence-corrected chi connectivity index (χ0v) is 22.6. The second-order valence-corrected chi connectivity index (χ2v) is 12.6. The van der Waals surface area contributed by atoms with Crippen LogP contribution in [0.15, 0.2) is 58.5 Å². The fourth-order valence-corrected chi connectivity index (χ4v) is 7.16. The number of fused-ring (bicyclic) bond motifs is 3. The molecule has 0 spiro atoms. The fourth-order valence-electron chi connectivity index (χ4n) is 4.93. The van der Waals surface area contributed by atoms with Gasteiger partial charge in [-0.25, -0.2) is 4.98 Å². The van der Waals surface area contributed by atoms with Crippen molar-refractivity contribution >= 4 is 39.1 Å². The molecule has 0 radical (unpaired) electrons. The summed E-state index contributed by atoms with van der Waals surface area (Å²) >= 11 is 2.86. The van der Waals surface area contributed by atoms with Crippen LogP contribution in [-0.2, 0) is 12.8 Å². The number of hydrogen-bond donors (Lipinski definition) is 1. The molecule has 0 unspecified atom stereocenters. The summed E-state index contributed by atoms with van der Waals surface area (Å²) < 4.78 is 1.64. The Labute approximate surface area is 219 Å². The molecule has 1 aliphatic rings. The van der Waals surface area contributed by atoms with Crippen molar-refractivity contribution < 1.29 is 9.90 Å². The lowest BCUT2D eigenvalue weighted by Crippen LogP contribution is -2.27. The highest BCUT2D eigenvalue weighted by atomic mass is 32.2. The summed E-state index contributed by atoms with van der Waals surface area (Å²) in [6, 6.07) is 14.5. The van der Waals surface area contributed by atoms with Gasteiger partial charge in [0.25, 0.3) is 5.56 Å². The maximum Gasteiger partial charge on any atom is 0.267 e. The molecule has 1 atom stereocenters. The molecule has 1 N–H and O–H groups in total. The first-order chi connectivity index (χ1) is 17.1. The van der Waals surface area contributed by atoms with Crippen LogP contribution in [0.4, 0.5) is 0 Å². The molecule has 0 bridgehead atoms. The number of carbonyl (C=O) groups excluding carboxylic acids is 1. The number of benzene rings is 2. The lowest BCUT2D eigenvalue weighted by Gasteiger charge is -2.33. The van der Waals surface area contributed by atoms with Gasteiger partial charge in [-0.15, -0.1) is 11.3 Å². The first-order valence-electron chi connectivity index (χ1n) is 12.2. The number of aryl methyl sites for hydroxylation is 2. The maximum atomic E-state index is 14.0. The number of thiophene rings is 1. The van der Waals surface area contributed by atoms with Gasteiger partial charge in [0.05, 0.1) is 22.4 Å². The average Bonchev–Trinajstić information content (AvgIpc) is 3.22. The van der Waals surface area contributed by atoms with E-state index in [-0.39, 0.29) is 33.8 Å². The van der Waals surface area contributed by atoms with Crippen molar-refractivity contribution in [2.75, 3.05) is 5.75 Å². The first kappa shape index (κ1) is 24.8. The minimum absolute atomic E-state index is 0.0330. The summed E-state index contributed by atoms with van der Waals surface area (Å²) in [5.74, 6) is 0.407. The Balaban J connectivity index is 1.58. The van der Waals surface area contributed by atoms with Crippen molar-refractivity contribution in [1.29, 1.82) is 0 Å². The summed E-state index contributed by atoms with van der Waals surface area (Å²) in [5, 5.41) is 11.4. The van der Waals surface area contributed by atoms with Gasteiger partial charge in [-0.1, -0.05) is 62.4 Å². The van der Waals surface area contributed by atoms with E-state index in [9.17, 15) is 14.7 Å². The number of aromatic hydroxyl groups is 1. The van der Waals surface area contributed by atoms with E-state index in [0.29, 0.717) is 11.1 Å². The molecule has 2 aromatic carbocycles. The average molecular weight is 519 g/mol. The number of para-hydroxylation sites is 1. The van der Waals surface area contributed by atoms with Gasteiger partial charge in [0.15, 0.2) is 10.9 Å². The highest BCUT2D eigenvalue weighted by molar-refractivity contribution is 7.99. The van der Waals surface area contributed by atoms with Crippen LogP contribution in [0, 0.1) is 18.3 Å². The van der Waals surface area contributed by atoms with Crippen molar-refractivity contribution in [3.8, 4) is 11.4 Å². The van der Waals surface area contributed by atoms with Gasteiger partial charge in [0, 0.05) is 4.88 Å². The third kappa shape index (κ3) is 4.62. The number of phenols is 1. The molecule has 0 saturated heterocycles. The van der Waals surface area contributed by atoms with Crippen LogP contribution >= 0.6 is 23.1 Å². The van der Waals surface area contributed by atoms with Crippen molar-refractivity contribution in [3.63, 3.8) is 0 Å². The van der Waals surface area contributed by atoms with E-state index in [2.05, 4.69) is 20.8 Å². The number of hydrogen-bond acceptors (Lipinski definition) is 6. The number of phenolic OH excluding ortho intramolecular Hbond substituents is 1. The molecule has 7 heteroatoms. The molecule has 36 heavy (non-hydrogen) atoms. The molecule has 4 aromatic rings. The molecule has 0 aliphatic heterocycles. The van der Waals surface area contributed by atoms with Crippen LogP contribution in [-0.4, -0.2) is 26.2 Å². The number of rotatable bonds is 5. The summed E-state index contributed by atoms with van der Waals surface area (Å²) in [4.78, 5) is 33.9. The summed E-state index contributed by atoms with van der Waals surface area (Å²) in [5.41, 5.74) is 3.21. The molecule has 5 rings (SSSR count). The van der Waals surface area contributed by atoms with Gasteiger partial charge in [-0.2, -0.15) is 0 Å². The van der Waals surface area contributed by atoms with Crippen LogP contribution < -0.4 is 5.56 Å². The summed E-state index contributed by atoms with van der Waals surface area (Å²) in [6.07, 6.45) is 2.93. The quantitative estimate of drug-likeness (QED) is 0.183. The third-order valence-corrected chi connectivity index (χ3v) is 9.16. The number of Topliss-reactive ketones (excluding diaryl/α,β-unsaturated/α-hetero) is 1. The molecule has 1 aliphatic carbocycles. The smallest absolute Gasteiger partial charge is 0.267 e. The number of ketones is 1. The number of carbonyl (C=O) groups is 1. The minimum atomic E-state index is -0.200. The monoisotopic (exact) mass is 518 g/mol. The van der Waals surface area contributed by atoms with Crippen molar-refractivity contribution in [3.05, 3.63) is 80.5 Å². The second kappa shape index (κ2) is 9.52.